The lowest BCUT2D eigenvalue weighted by molar-refractivity contribution is -0.00901. The zero-order chi connectivity index (χ0) is 31.2. The quantitative estimate of drug-likeness (QED) is 0.210. The van der Waals surface area contributed by atoms with Gasteiger partial charge in [0, 0.05) is 5.41 Å². The Labute approximate surface area is 257 Å². The first-order valence-corrected chi connectivity index (χ1v) is 15.8. The van der Waals surface area contributed by atoms with Gasteiger partial charge in [-0.1, -0.05) is 135 Å². The molecule has 0 aromatic carbocycles. The highest BCUT2D eigenvalue weighted by Gasteiger charge is 2.75. The topological polar surface area (TPSA) is 32.8 Å². The third kappa shape index (κ3) is 8.03. The van der Waals surface area contributed by atoms with E-state index in [2.05, 4.69) is 154 Å². The minimum Gasteiger partial charge on any atom is -0.392 e. The minimum atomic E-state index is -0.382. The predicted octanol–water partition coefficient (Wildman–Crippen LogP) is 10.8. The SMILES string of the molecule is CC1=C(/C=C/C(C)=C/C=C/C(C)=C/C=C/C=C(C)/C=C/C=C(C)/C=C/C23OC2(C)CCC(O)C3(C)C)C(C)(C)CCC1. The molecular weight excluding hydrogens is 512 g/mol. The number of hydrogen-bond donors (Lipinski definition) is 1. The van der Waals surface area contributed by atoms with E-state index < -0.39 is 0 Å². The van der Waals surface area contributed by atoms with E-state index in [1.54, 1.807) is 0 Å². The molecule has 1 N–H and O–H groups in total. The Morgan fingerprint density at radius 3 is 1.83 bits per heavy atom. The van der Waals surface area contributed by atoms with Crippen molar-refractivity contribution in [2.45, 2.75) is 119 Å². The Hall–Kier alpha value is -2.68. The summed E-state index contributed by atoms with van der Waals surface area (Å²) in [6, 6.07) is 0. The number of hydrogen-bond acceptors (Lipinski definition) is 2. The Kier molecular flexibility index (Phi) is 11.1. The van der Waals surface area contributed by atoms with Gasteiger partial charge in [-0.05, 0) is 90.7 Å². The summed E-state index contributed by atoms with van der Waals surface area (Å²) in [6.45, 7) is 21.9. The van der Waals surface area contributed by atoms with Crippen molar-refractivity contribution in [2.24, 2.45) is 10.8 Å². The second-order valence-electron chi connectivity index (χ2n) is 14.2. The van der Waals surface area contributed by atoms with Gasteiger partial charge in [0.05, 0.1) is 11.7 Å². The third-order valence-electron chi connectivity index (χ3n) is 9.72. The van der Waals surface area contributed by atoms with Gasteiger partial charge in [0.2, 0.25) is 0 Å². The van der Waals surface area contributed by atoms with Gasteiger partial charge in [0.1, 0.15) is 5.60 Å². The zero-order valence-corrected chi connectivity index (χ0v) is 28.1. The fourth-order valence-electron chi connectivity index (χ4n) is 6.64. The molecule has 0 bridgehead atoms. The van der Waals surface area contributed by atoms with Gasteiger partial charge in [0.25, 0.3) is 0 Å². The first-order valence-electron chi connectivity index (χ1n) is 15.8. The average molecular weight is 569 g/mol. The van der Waals surface area contributed by atoms with Crippen molar-refractivity contribution in [1.29, 1.82) is 0 Å². The van der Waals surface area contributed by atoms with E-state index in [0.29, 0.717) is 0 Å². The maximum absolute atomic E-state index is 10.6. The lowest BCUT2D eigenvalue weighted by atomic mass is 9.62. The summed E-state index contributed by atoms with van der Waals surface area (Å²) < 4.78 is 6.25. The van der Waals surface area contributed by atoms with Crippen molar-refractivity contribution in [3.05, 3.63) is 119 Å². The van der Waals surface area contributed by atoms with Crippen LogP contribution in [0.15, 0.2) is 119 Å². The molecule has 2 heteroatoms. The van der Waals surface area contributed by atoms with E-state index in [0.717, 1.165) is 18.4 Å². The number of epoxide rings is 1. The molecule has 0 aromatic rings. The van der Waals surface area contributed by atoms with Crippen molar-refractivity contribution in [3.8, 4) is 0 Å². The minimum absolute atomic E-state index is 0.160. The molecule has 3 atom stereocenters. The van der Waals surface area contributed by atoms with Crippen molar-refractivity contribution in [3.63, 3.8) is 0 Å². The first kappa shape index (κ1) is 33.8. The van der Waals surface area contributed by atoms with Crippen LogP contribution in [0.25, 0.3) is 0 Å². The first-order chi connectivity index (χ1) is 19.6. The van der Waals surface area contributed by atoms with Crippen molar-refractivity contribution < 1.29 is 9.84 Å². The van der Waals surface area contributed by atoms with E-state index in [1.807, 2.05) is 0 Å². The Bertz CT molecular complexity index is 1300. The van der Waals surface area contributed by atoms with Crippen LogP contribution in [0, 0.1) is 10.8 Å². The molecule has 228 valence electrons. The van der Waals surface area contributed by atoms with Crippen LogP contribution < -0.4 is 0 Å². The maximum atomic E-state index is 10.6. The molecule has 3 unspecified atom stereocenters. The van der Waals surface area contributed by atoms with Crippen LogP contribution in [-0.4, -0.2) is 22.4 Å². The monoisotopic (exact) mass is 568 g/mol. The highest BCUT2D eigenvalue weighted by Crippen LogP contribution is 2.66. The Balaban J connectivity index is 1.50. The summed E-state index contributed by atoms with van der Waals surface area (Å²) in [5.74, 6) is 0. The molecule has 1 heterocycles. The average Bonchev–Trinajstić information content (AvgIpc) is 3.54. The zero-order valence-electron chi connectivity index (χ0n) is 28.1. The van der Waals surface area contributed by atoms with Gasteiger partial charge in [-0.25, -0.2) is 0 Å². The number of aliphatic hydroxyl groups is 1. The molecule has 0 amide bonds. The predicted molar refractivity (Wildman–Crippen MR) is 182 cm³/mol. The van der Waals surface area contributed by atoms with E-state index in [-0.39, 0.29) is 28.1 Å². The van der Waals surface area contributed by atoms with Crippen LogP contribution >= 0.6 is 0 Å². The van der Waals surface area contributed by atoms with Crippen LogP contribution in [-0.2, 0) is 4.74 Å². The summed E-state index contributed by atoms with van der Waals surface area (Å²) in [4.78, 5) is 0. The molecule has 0 radical (unpaired) electrons. The molecule has 3 aliphatic rings. The standard InChI is InChI=1S/C40H56O2/c1-30(18-13-20-32(3)23-24-35-34(5)22-15-27-37(35,6)7)16-11-12-17-31(2)19-14-21-33(4)25-29-40-38(8,9)36(41)26-28-39(40,10)42-40/h11-14,16-21,23-25,29,36,41H,15,22,26-28H2,1-10H3/b12-11+,18-13+,19-14+,24-23+,29-25+,30-16+,31-17+,32-20+,33-21+. The third-order valence-corrected chi connectivity index (χ3v) is 9.72. The van der Waals surface area contributed by atoms with Gasteiger partial charge in [-0.15, -0.1) is 0 Å². The molecule has 42 heavy (non-hydrogen) atoms. The molecule has 1 aliphatic heterocycles. The fraction of sp³-hybridized carbons (Fsp3) is 0.500. The smallest absolute Gasteiger partial charge is 0.124 e. The van der Waals surface area contributed by atoms with Gasteiger partial charge in [-0.3, -0.25) is 0 Å². The van der Waals surface area contributed by atoms with Crippen molar-refractivity contribution in [1.82, 2.24) is 0 Å². The molecule has 0 spiro atoms. The molecular formula is C40H56O2. The van der Waals surface area contributed by atoms with Crippen molar-refractivity contribution in [2.75, 3.05) is 0 Å². The van der Waals surface area contributed by atoms with E-state index >= 15 is 0 Å². The van der Waals surface area contributed by atoms with Crippen LogP contribution in [0.5, 0.6) is 0 Å². The lowest BCUT2D eigenvalue weighted by Crippen LogP contribution is -2.49. The van der Waals surface area contributed by atoms with E-state index in [4.69, 9.17) is 4.74 Å². The number of rotatable bonds is 10. The van der Waals surface area contributed by atoms with Crippen LogP contribution in [0.3, 0.4) is 0 Å². The second kappa shape index (κ2) is 13.7. The Morgan fingerprint density at radius 2 is 1.26 bits per heavy atom. The van der Waals surface area contributed by atoms with Gasteiger partial charge in [0.15, 0.2) is 0 Å². The summed E-state index contributed by atoms with van der Waals surface area (Å²) in [5.41, 5.74) is 7.31. The summed E-state index contributed by atoms with van der Waals surface area (Å²) in [6.07, 6.45) is 35.3. The number of fused-ring (bicyclic) bond motifs is 1. The second-order valence-corrected chi connectivity index (χ2v) is 14.2. The van der Waals surface area contributed by atoms with Crippen molar-refractivity contribution >= 4 is 0 Å². The van der Waals surface area contributed by atoms with Gasteiger partial charge in [-0.2, -0.15) is 0 Å². The highest BCUT2D eigenvalue weighted by molar-refractivity contribution is 5.38. The number of ether oxygens (including phenoxy) is 1. The van der Waals surface area contributed by atoms with Crippen LogP contribution in [0.2, 0.25) is 0 Å². The molecule has 3 rings (SSSR count). The highest BCUT2D eigenvalue weighted by atomic mass is 16.6. The summed E-state index contributed by atoms with van der Waals surface area (Å²) in [5, 5.41) is 10.6. The lowest BCUT2D eigenvalue weighted by Gasteiger charge is -2.40. The number of aliphatic hydroxyl groups excluding tert-OH is 1. The number of allylic oxidation sites excluding steroid dienone is 19. The molecule has 2 nitrogen and oxygen atoms in total. The van der Waals surface area contributed by atoms with Gasteiger partial charge < -0.3 is 9.84 Å². The molecule has 2 fully saturated rings. The fourth-order valence-corrected chi connectivity index (χ4v) is 6.64. The molecule has 2 aliphatic carbocycles. The molecule has 0 aromatic heterocycles. The summed E-state index contributed by atoms with van der Waals surface area (Å²) >= 11 is 0. The molecule has 1 saturated carbocycles. The largest absolute Gasteiger partial charge is 0.392 e. The van der Waals surface area contributed by atoms with Crippen LogP contribution in [0.1, 0.15) is 101 Å². The van der Waals surface area contributed by atoms with E-state index in [9.17, 15) is 5.11 Å². The van der Waals surface area contributed by atoms with Crippen LogP contribution in [0.4, 0.5) is 0 Å². The Morgan fingerprint density at radius 1 is 0.738 bits per heavy atom. The maximum Gasteiger partial charge on any atom is 0.124 e. The van der Waals surface area contributed by atoms with Gasteiger partial charge >= 0.3 is 0 Å². The normalized spacial score (nSPS) is 31.0. The van der Waals surface area contributed by atoms with E-state index in [1.165, 1.54) is 47.1 Å². The summed E-state index contributed by atoms with van der Waals surface area (Å²) in [7, 11) is 0. The molecule has 1 saturated heterocycles.